The lowest BCUT2D eigenvalue weighted by molar-refractivity contribution is 0.0526. The number of hydrogen-bond acceptors (Lipinski definition) is 5. The molecule has 0 saturated carbocycles. The van der Waals surface area contributed by atoms with Crippen LogP contribution in [-0.2, 0) is 17.6 Å². The number of likely N-dealkylation sites (tertiary alicyclic amines) is 1. The molecule has 33 heavy (non-hydrogen) atoms. The summed E-state index contributed by atoms with van der Waals surface area (Å²) < 4.78 is 5.37. The summed E-state index contributed by atoms with van der Waals surface area (Å²) in [7, 11) is 0. The Morgan fingerprint density at radius 2 is 1.70 bits per heavy atom. The summed E-state index contributed by atoms with van der Waals surface area (Å²) in [6, 6.07) is 7.37. The van der Waals surface area contributed by atoms with E-state index in [1.807, 2.05) is 36.1 Å². The predicted molar refractivity (Wildman–Crippen MR) is 138 cm³/mol. The summed E-state index contributed by atoms with van der Waals surface area (Å²) in [4.78, 5) is 28.5. The van der Waals surface area contributed by atoms with Gasteiger partial charge in [-0.25, -0.2) is 4.79 Å². The SMILES string of the molecule is CCOC(=O)c1c(NC(=S)Nc2ccc(C(=O)N3CCCC3)cc2)sc2c1CCCCCC2. The molecule has 1 aromatic heterocycles. The molecule has 1 aromatic carbocycles. The zero-order valence-corrected chi connectivity index (χ0v) is 20.7. The molecule has 0 atom stereocenters. The lowest BCUT2D eigenvalue weighted by Gasteiger charge is -2.16. The van der Waals surface area contributed by atoms with Gasteiger partial charge in [0.25, 0.3) is 5.91 Å². The lowest BCUT2D eigenvalue weighted by atomic mass is 9.96. The van der Waals surface area contributed by atoms with Crippen molar-refractivity contribution in [1.29, 1.82) is 0 Å². The number of aryl methyl sites for hydroxylation is 1. The zero-order valence-electron chi connectivity index (χ0n) is 19.1. The number of hydrogen-bond donors (Lipinski definition) is 2. The number of nitrogens with zero attached hydrogens (tertiary/aromatic N) is 1. The third kappa shape index (κ3) is 5.73. The molecule has 0 bridgehead atoms. The first kappa shape index (κ1) is 23.7. The van der Waals surface area contributed by atoms with Crippen molar-refractivity contribution in [2.45, 2.75) is 58.3 Å². The van der Waals surface area contributed by atoms with Gasteiger partial charge in [0.2, 0.25) is 0 Å². The molecule has 1 saturated heterocycles. The second-order valence-electron chi connectivity index (χ2n) is 8.50. The largest absolute Gasteiger partial charge is 0.462 e. The first-order valence-electron chi connectivity index (χ1n) is 11.9. The molecule has 0 radical (unpaired) electrons. The molecule has 1 fully saturated rings. The minimum atomic E-state index is -0.286. The molecule has 176 valence electrons. The average molecular weight is 486 g/mol. The number of carbonyl (C=O) groups is 2. The number of ether oxygens (including phenoxy) is 1. The fourth-order valence-corrected chi connectivity index (χ4v) is 6.06. The third-order valence-corrected chi connectivity index (χ3v) is 7.57. The van der Waals surface area contributed by atoms with E-state index in [2.05, 4.69) is 10.6 Å². The minimum absolute atomic E-state index is 0.0785. The van der Waals surface area contributed by atoms with E-state index in [1.165, 1.54) is 17.7 Å². The number of fused-ring (bicyclic) bond motifs is 1. The Kier molecular flexibility index (Phi) is 7.98. The normalized spacial score (nSPS) is 15.8. The van der Waals surface area contributed by atoms with Crippen LogP contribution in [0, 0.1) is 0 Å². The fraction of sp³-hybridized carbons (Fsp3) is 0.480. The van der Waals surface area contributed by atoms with E-state index in [0.717, 1.165) is 67.9 Å². The Balaban J connectivity index is 1.47. The second-order valence-corrected chi connectivity index (χ2v) is 10.0. The monoisotopic (exact) mass is 485 g/mol. The van der Waals surface area contributed by atoms with Gasteiger partial charge in [-0.15, -0.1) is 11.3 Å². The van der Waals surface area contributed by atoms with Gasteiger partial charge < -0.3 is 20.3 Å². The topological polar surface area (TPSA) is 70.7 Å². The van der Waals surface area contributed by atoms with Gasteiger partial charge in [0, 0.05) is 29.2 Å². The standard InChI is InChI=1S/C25H31N3O3S2/c1-2-31-24(30)21-19-9-5-3-4-6-10-20(19)33-22(21)27-25(32)26-18-13-11-17(12-14-18)23(29)28-15-7-8-16-28/h11-14H,2-10,15-16H2,1H3,(H2,26,27,32). The predicted octanol–water partition coefficient (Wildman–Crippen LogP) is 5.63. The third-order valence-electron chi connectivity index (χ3n) is 6.16. The van der Waals surface area contributed by atoms with Gasteiger partial charge >= 0.3 is 5.97 Å². The van der Waals surface area contributed by atoms with Crippen molar-refractivity contribution in [3.63, 3.8) is 0 Å². The maximum absolute atomic E-state index is 12.8. The Morgan fingerprint density at radius 1 is 1.00 bits per heavy atom. The molecule has 8 heteroatoms. The number of amides is 1. The molecule has 2 aliphatic rings. The smallest absolute Gasteiger partial charge is 0.341 e. The molecule has 1 aliphatic heterocycles. The highest BCUT2D eigenvalue weighted by Crippen LogP contribution is 2.37. The summed E-state index contributed by atoms with van der Waals surface area (Å²) in [5.41, 5.74) is 3.23. The molecule has 2 aromatic rings. The quantitative estimate of drug-likeness (QED) is 0.423. The van der Waals surface area contributed by atoms with Crippen LogP contribution in [0.1, 0.15) is 76.6 Å². The van der Waals surface area contributed by atoms with Crippen molar-refractivity contribution in [3.05, 3.63) is 45.8 Å². The highest BCUT2D eigenvalue weighted by atomic mass is 32.1. The number of esters is 1. The number of thiophene rings is 1. The molecule has 1 aliphatic carbocycles. The van der Waals surface area contributed by atoms with Gasteiger partial charge in [-0.3, -0.25) is 4.79 Å². The van der Waals surface area contributed by atoms with E-state index >= 15 is 0 Å². The van der Waals surface area contributed by atoms with Crippen molar-refractivity contribution in [2.24, 2.45) is 0 Å². The van der Waals surface area contributed by atoms with E-state index in [0.29, 0.717) is 22.8 Å². The lowest BCUT2D eigenvalue weighted by Crippen LogP contribution is -2.27. The number of thiocarbonyl (C=S) groups is 1. The molecule has 2 N–H and O–H groups in total. The van der Waals surface area contributed by atoms with Crippen LogP contribution in [-0.4, -0.2) is 41.6 Å². The van der Waals surface area contributed by atoms with Gasteiger partial charge in [-0.1, -0.05) is 12.8 Å². The summed E-state index contributed by atoms with van der Waals surface area (Å²) >= 11 is 7.16. The maximum Gasteiger partial charge on any atom is 0.341 e. The molecule has 4 rings (SSSR count). The van der Waals surface area contributed by atoms with Crippen LogP contribution in [0.15, 0.2) is 24.3 Å². The number of rotatable bonds is 5. The highest BCUT2D eigenvalue weighted by molar-refractivity contribution is 7.80. The summed E-state index contributed by atoms with van der Waals surface area (Å²) in [5.74, 6) is -0.208. The van der Waals surface area contributed by atoms with Crippen molar-refractivity contribution in [2.75, 3.05) is 30.3 Å². The van der Waals surface area contributed by atoms with Gasteiger partial charge in [0.05, 0.1) is 12.2 Å². The maximum atomic E-state index is 12.8. The summed E-state index contributed by atoms with van der Waals surface area (Å²) in [6.45, 7) is 3.83. The van der Waals surface area contributed by atoms with Crippen molar-refractivity contribution in [1.82, 2.24) is 4.90 Å². The van der Waals surface area contributed by atoms with Crippen molar-refractivity contribution < 1.29 is 14.3 Å². The Bertz CT molecular complexity index is 1010. The molecule has 6 nitrogen and oxygen atoms in total. The van der Waals surface area contributed by atoms with E-state index < -0.39 is 0 Å². The Hall–Kier alpha value is -2.45. The molecular weight excluding hydrogens is 454 g/mol. The molecule has 0 spiro atoms. The number of benzene rings is 1. The fourth-order valence-electron chi connectivity index (χ4n) is 4.49. The van der Waals surface area contributed by atoms with Crippen LogP contribution in [0.25, 0.3) is 0 Å². The molecular formula is C25H31N3O3S2. The highest BCUT2D eigenvalue weighted by Gasteiger charge is 2.26. The van der Waals surface area contributed by atoms with Gasteiger partial charge in [0.1, 0.15) is 5.00 Å². The van der Waals surface area contributed by atoms with Crippen molar-refractivity contribution >= 4 is 51.2 Å². The molecule has 1 amide bonds. The number of nitrogens with one attached hydrogen (secondary N) is 2. The van der Waals surface area contributed by atoms with E-state index in [1.54, 1.807) is 11.3 Å². The Labute approximate surface area is 204 Å². The van der Waals surface area contributed by atoms with Gasteiger partial charge in [-0.2, -0.15) is 0 Å². The van der Waals surface area contributed by atoms with Crippen LogP contribution in [0.4, 0.5) is 10.7 Å². The van der Waals surface area contributed by atoms with Crippen LogP contribution in [0.3, 0.4) is 0 Å². The average Bonchev–Trinajstić information content (AvgIpc) is 3.42. The zero-order chi connectivity index (χ0) is 23.2. The molecule has 0 unspecified atom stereocenters. The van der Waals surface area contributed by atoms with Crippen LogP contribution in [0.2, 0.25) is 0 Å². The van der Waals surface area contributed by atoms with E-state index in [-0.39, 0.29) is 11.9 Å². The van der Waals surface area contributed by atoms with Crippen LogP contribution < -0.4 is 10.6 Å². The first-order chi connectivity index (χ1) is 16.1. The summed E-state index contributed by atoms with van der Waals surface area (Å²) in [5, 5.41) is 7.58. The van der Waals surface area contributed by atoms with E-state index in [9.17, 15) is 9.59 Å². The first-order valence-corrected chi connectivity index (χ1v) is 13.1. The number of anilines is 2. The van der Waals surface area contributed by atoms with Crippen LogP contribution in [0.5, 0.6) is 0 Å². The van der Waals surface area contributed by atoms with Gasteiger partial charge in [-0.05, 0) is 87.5 Å². The van der Waals surface area contributed by atoms with Gasteiger partial charge in [0.15, 0.2) is 5.11 Å². The van der Waals surface area contributed by atoms with Crippen molar-refractivity contribution in [3.8, 4) is 0 Å². The minimum Gasteiger partial charge on any atom is -0.462 e. The van der Waals surface area contributed by atoms with Crippen LogP contribution >= 0.6 is 23.6 Å². The van der Waals surface area contributed by atoms with E-state index in [4.69, 9.17) is 17.0 Å². The summed E-state index contributed by atoms with van der Waals surface area (Å²) in [6.07, 6.45) is 8.68. The molecule has 2 heterocycles. The second kappa shape index (κ2) is 11.1. The number of carbonyl (C=O) groups excluding carboxylic acids is 2. The Morgan fingerprint density at radius 3 is 2.39 bits per heavy atom.